The summed E-state index contributed by atoms with van der Waals surface area (Å²) in [6.07, 6.45) is 6.36. The Labute approximate surface area is 101 Å². The van der Waals surface area contributed by atoms with Crippen molar-refractivity contribution in [2.45, 2.75) is 72.3 Å². The Bertz CT molecular complexity index is 191. The Morgan fingerprint density at radius 2 is 1.69 bits per heavy atom. The molecular weight excluding hydrogens is 200 g/mol. The summed E-state index contributed by atoms with van der Waals surface area (Å²) < 4.78 is 5.31. The number of Topliss-reactive ketones (excluding diaryl/α,β-unsaturated/α-hetero) is 1. The standard InChI is InChI=1S/C14H28O2/c1-6-7-8-9-10-11-12(15)13(16-5)14(2,3)4/h13H,6-11H2,1-5H3. The van der Waals surface area contributed by atoms with Gasteiger partial charge in [0.25, 0.3) is 0 Å². The molecule has 0 bridgehead atoms. The number of hydrogen-bond donors (Lipinski definition) is 0. The first kappa shape index (κ1) is 15.6. The molecule has 1 atom stereocenters. The molecule has 0 amide bonds. The van der Waals surface area contributed by atoms with Crippen molar-refractivity contribution in [3.05, 3.63) is 0 Å². The molecule has 0 fully saturated rings. The first-order valence-corrected chi connectivity index (χ1v) is 6.49. The second-order valence-corrected chi connectivity index (χ2v) is 5.61. The van der Waals surface area contributed by atoms with Crippen LogP contribution in [-0.4, -0.2) is 19.0 Å². The van der Waals surface area contributed by atoms with Crippen LogP contribution >= 0.6 is 0 Å². The summed E-state index contributed by atoms with van der Waals surface area (Å²) in [5, 5.41) is 0. The average molecular weight is 228 g/mol. The van der Waals surface area contributed by atoms with Crippen molar-refractivity contribution in [1.82, 2.24) is 0 Å². The lowest BCUT2D eigenvalue weighted by Gasteiger charge is -2.28. The lowest BCUT2D eigenvalue weighted by molar-refractivity contribution is -0.135. The van der Waals surface area contributed by atoms with Gasteiger partial charge in [-0.1, -0.05) is 53.4 Å². The summed E-state index contributed by atoms with van der Waals surface area (Å²) in [6.45, 7) is 8.36. The largest absolute Gasteiger partial charge is 0.373 e. The van der Waals surface area contributed by atoms with E-state index < -0.39 is 0 Å². The van der Waals surface area contributed by atoms with Gasteiger partial charge in [-0.2, -0.15) is 0 Å². The van der Waals surface area contributed by atoms with Crippen LogP contribution in [0.3, 0.4) is 0 Å². The molecule has 0 aliphatic carbocycles. The van der Waals surface area contributed by atoms with E-state index in [1.807, 2.05) is 0 Å². The molecule has 2 nitrogen and oxygen atoms in total. The maximum atomic E-state index is 11.9. The number of hydrogen-bond acceptors (Lipinski definition) is 2. The molecule has 2 heteroatoms. The van der Waals surface area contributed by atoms with Gasteiger partial charge >= 0.3 is 0 Å². The summed E-state index contributed by atoms with van der Waals surface area (Å²) in [5.41, 5.74) is -0.0880. The predicted octanol–water partition coefficient (Wildman–Crippen LogP) is 3.98. The van der Waals surface area contributed by atoms with Crippen LogP contribution in [0.25, 0.3) is 0 Å². The Morgan fingerprint density at radius 3 is 2.12 bits per heavy atom. The molecule has 0 aliphatic rings. The van der Waals surface area contributed by atoms with Crippen molar-refractivity contribution in [3.8, 4) is 0 Å². The van der Waals surface area contributed by atoms with Crippen molar-refractivity contribution in [2.24, 2.45) is 5.41 Å². The topological polar surface area (TPSA) is 26.3 Å². The molecule has 0 aromatic rings. The third-order valence-corrected chi connectivity index (χ3v) is 2.84. The summed E-state index contributed by atoms with van der Waals surface area (Å²) in [5.74, 6) is 0.256. The third kappa shape index (κ3) is 6.26. The van der Waals surface area contributed by atoms with Crippen molar-refractivity contribution in [2.75, 3.05) is 7.11 Å². The number of methoxy groups -OCH3 is 1. The van der Waals surface area contributed by atoms with Crippen LogP contribution in [0.2, 0.25) is 0 Å². The van der Waals surface area contributed by atoms with E-state index in [-0.39, 0.29) is 17.3 Å². The molecule has 1 unspecified atom stereocenters. The minimum Gasteiger partial charge on any atom is -0.373 e. The Kier molecular flexibility index (Phi) is 7.65. The fourth-order valence-electron chi connectivity index (χ4n) is 2.00. The summed E-state index contributed by atoms with van der Waals surface area (Å²) in [6, 6.07) is 0. The summed E-state index contributed by atoms with van der Waals surface area (Å²) >= 11 is 0. The molecule has 0 saturated carbocycles. The minimum atomic E-state index is -0.251. The van der Waals surface area contributed by atoms with E-state index >= 15 is 0 Å². The van der Waals surface area contributed by atoms with Gasteiger partial charge in [-0.05, 0) is 11.8 Å². The van der Waals surface area contributed by atoms with Crippen molar-refractivity contribution < 1.29 is 9.53 Å². The highest BCUT2D eigenvalue weighted by Gasteiger charge is 2.30. The molecule has 0 rings (SSSR count). The van der Waals surface area contributed by atoms with E-state index in [2.05, 4.69) is 27.7 Å². The number of rotatable bonds is 8. The second kappa shape index (κ2) is 7.83. The fourth-order valence-corrected chi connectivity index (χ4v) is 2.00. The SMILES string of the molecule is CCCCCCCC(=O)C(OC)C(C)(C)C. The van der Waals surface area contributed by atoms with Crippen LogP contribution in [-0.2, 0) is 9.53 Å². The highest BCUT2D eigenvalue weighted by atomic mass is 16.5. The first-order valence-electron chi connectivity index (χ1n) is 6.49. The number of ether oxygens (including phenoxy) is 1. The second-order valence-electron chi connectivity index (χ2n) is 5.61. The maximum absolute atomic E-state index is 11.9. The molecule has 0 aliphatic heterocycles. The molecular formula is C14H28O2. The van der Waals surface area contributed by atoms with Crippen LogP contribution in [0.4, 0.5) is 0 Å². The predicted molar refractivity (Wildman–Crippen MR) is 68.6 cm³/mol. The fraction of sp³-hybridized carbons (Fsp3) is 0.929. The van der Waals surface area contributed by atoms with E-state index in [0.717, 1.165) is 6.42 Å². The van der Waals surface area contributed by atoms with Gasteiger partial charge in [-0.25, -0.2) is 0 Å². The highest BCUT2D eigenvalue weighted by Crippen LogP contribution is 2.24. The van der Waals surface area contributed by atoms with Gasteiger partial charge < -0.3 is 4.74 Å². The highest BCUT2D eigenvalue weighted by molar-refractivity contribution is 5.83. The molecule has 0 N–H and O–H groups in total. The number of carbonyl (C=O) groups excluding carboxylic acids is 1. The molecule has 96 valence electrons. The van der Waals surface area contributed by atoms with Gasteiger partial charge in [0.05, 0.1) is 0 Å². The maximum Gasteiger partial charge on any atom is 0.162 e. The molecule has 0 radical (unpaired) electrons. The zero-order valence-electron chi connectivity index (χ0n) is 11.6. The lowest BCUT2D eigenvalue weighted by Crippen LogP contribution is -2.36. The number of ketones is 1. The average Bonchev–Trinajstić information content (AvgIpc) is 2.16. The van der Waals surface area contributed by atoms with Crippen LogP contribution in [0.5, 0.6) is 0 Å². The normalized spacial score (nSPS) is 13.8. The number of carbonyl (C=O) groups is 1. The monoisotopic (exact) mass is 228 g/mol. The van der Waals surface area contributed by atoms with Crippen LogP contribution in [0.1, 0.15) is 66.2 Å². The smallest absolute Gasteiger partial charge is 0.162 e. The van der Waals surface area contributed by atoms with Crippen LogP contribution < -0.4 is 0 Å². The first-order chi connectivity index (χ1) is 7.43. The van der Waals surface area contributed by atoms with Gasteiger partial charge in [0, 0.05) is 13.5 Å². The molecule has 0 spiro atoms. The molecule has 0 heterocycles. The number of unbranched alkanes of at least 4 members (excludes halogenated alkanes) is 4. The van der Waals surface area contributed by atoms with Crippen molar-refractivity contribution in [3.63, 3.8) is 0 Å². The quantitative estimate of drug-likeness (QED) is 0.587. The van der Waals surface area contributed by atoms with E-state index in [1.165, 1.54) is 25.7 Å². The van der Waals surface area contributed by atoms with E-state index in [9.17, 15) is 4.79 Å². The minimum absolute atomic E-state index is 0.0880. The third-order valence-electron chi connectivity index (χ3n) is 2.84. The van der Waals surface area contributed by atoms with Gasteiger partial charge in [0.15, 0.2) is 5.78 Å². The van der Waals surface area contributed by atoms with Crippen molar-refractivity contribution >= 4 is 5.78 Å². The summed E-state index contributed by atoms with van der Waals surface area (Å²) in [7, 11) is 1.63. The van der Waals surface area contributed by atoms with Gasteiger partial charge in [0.2, 0.25) is 0 Å². The zero-order valence-corrected chi connectivity index (χ0v) is 11.6. The van der Waals surface area contributed by atoms with Crippen molar-refractivity contribution in [1.29, 1.82) is 0 Å². The molecule has 0 aromatic carbocycles. The van der Waals surface area contributed by atoms with E-state index in [0.29, 0.717) is 6.42 Å². The van der Waals surface area contributed by atoms with Gasteiger partial charge in [0.1, 0.15) is 6.10 Å². The van der Waals surface area contributed by atoms with E-state index in [1.54, 1.807) is 7.11 Å². The van der Waals surface area contributed by atoms with Crippen LogP contribution in [0, 0.1) is 5.41 Å². The molecule has 0 aromatic heterocycles. The van der Waals surface area contributed by atoms with Crippen LogP contribution in [0.15, 0.2) is 0 Å². The summed E-state index contributed by atoms with van der Waals surface area (Å²) in [4.78, 5) is 11.9. The lowest BCUT2D eigenvalue weighted by atomic mass is 9.85. The van der Waals surface area contributed by atoms with Gasteiger partial charge in [-0.3, -0.25) is 4.79 Å². The Balaban J connectivity index is 3.86. The zero-order chi connectivity index (χ0) is 12.6. The van der Waals surface area contributed by atoms with Gasteiger partial charge in [-0.15, -0.1) is 0 Å². The Hall–Kier alpha value is -0.370. The van der Waals surface area contributed by atoms with E-state index in [4.69, 9.17) is 4.74 Å². The molecule has 0 saturated heterocycles. The Morgan fingerprint density at radius 1 is 1.12 bits per heavy atom. The molecule has 16 heavy (non-hydrogen) atoms.